The molecular weight excluding hydrogens is 637 g/mol. The molecular formula is C34H44N6O5S2. The van der Waals surface area contributed by atoms with E-state index in [0.29, 0.717) is 18.8 Å². The van der Waals surface area contributed by atoms with Crippen molar-refractivity contribution in [1.29, 1.82) is 0 Å². The lowest BCUT2D eigenvalue weighted by Crippen LogP contribution is -2.56. The molecule has 0 unspecified atom stereocenters. The van der Waals surface area contributed by atoms with Gasteiger partial charge in [0.15, 0.2) is 0 Å². The summed E-state index contributed by atoms with van der Waals surface area (Å²) in [6.45, 7) is 4.51. The first-order valence-electron chi connectivity index (χ1n) is 15.4. The maximum absolute atomic E-state index is 14.1. The number of fused-ring (bicyclic) bond motifs is 1. The Morgan fingerprint density at radius 2 is 1.81 bits per heavy atom. The molecule has 5 amide bonds. The van der Waals surface area contributed by atoms with Crippen LogP contribution in [0.25, 0.3) is 11.1 Å². The fraction of sp³-hybridized carbons (Fsp3) is 0.382. The predicted molar refractivity (Wildman–Crippen MR) is 189 cm³/mol. The van der Waals surface area contributed by atoms with Crippen LogP contribution in [-0.2, 0) is 17.9 Å². The summed E-state index contributed by atoms with van der Waals surface area (Å²) in [6.07, 6.45) is 1.11. The van der Waals surface area contributed by atoms with Crippen molar-refractivity contribution in [1.82, 2.24) is 26.6 Å². The molecule has 252 valence electrons. The molecule has 0 spiro atoms. The third kappa shape index (κ3) is 10.1. The molecule has 1 aliphatic rings. The van der Waals surface area contributed by atoms with Gasteiger partial charge in [-0.25, -0.2) is 9.59 Å². The van der Waals surface area contributed by atoms with Gasteiger partial charge in [0.05, 0.1) is 24.9 Å². The van der Waals surface area contributed by atoms with Crippen molar-refractivity contribution < 1.29 is 24.6 Å². The number of carbonyl (C=O) groups is 3. The average molecular weight is 681 g/mol. The van der Waals surface area contributed by atoms with E-state index in [1.54, 1.807) is 23.7 Å². The molecule has 0 aromatic heterocycles. The van der Waals surface area contributed by atoms with Gasteiger partial charge < -0.3 is 41.7 Å². The van der Waals surface area contributed by atoms with Gasteiger partial charge in [0, 0.05) is 47.8 Å². The molecule has 2 atom stereocenters. The normalized spacial score (nSPS) is 15.3. The Balaban J connectivity index is 1.50. The zero-order valence-corrected chi connectivity index (χ0v) is 28.8. The number of amides is 5. The van der Waals surface area contributed by atoms with Crippen LogP contribution >= 0.6 is 23.5 Å². The summed E-state index contributed by atoms with van der Waals surface area (Å²) in [7, 11) is 1.58. The standard InChI is InChI=1S/C34H44N6O5S2/c1-34(2,38-17-25(42)19-41)21-37-33(45)39-28-20-47-30-15-26(46-4)13-14-29(30)40(31(28)43)18-22-9-11-23(12-10-22)27-8-6-5-7-24(27)16-36-32(44)35-3/h5-15,25,28,38,41-42H,16-21H2,1-4H3,(H2,35,36,44)(H2,37,39,45)/t25-,28+/m0/s1. The number of aliphatic hydroxyl groups excluding tert-OH is 2. The second-order valence-corrected chi connectivity index (χ2v) is 13.8. The molecule has 0 saturated heterocycles. The Hall–Kier alpha value is -3.75. The summed E-state index contributed by atoms with van der Waals surface area (Å²) in [4.78, 5) is 42.6. The largest absolute Gasteiger partial charge is 0.394 e. The van der Waals surface area contributed by atoms with Crippen molar-refractivity contribution in [3.63, 3.8) is 0 Å². The van der Waals surface area contributed by atoms with E-state index in [2.05, 4.69) is 32.7 Å². The summed E-state index contributed by atoms with van der Waals surface area (Å²) < 4.78 is 0. The molecule has 7 N–H and O–H groups in total. The third-order valence-electron chi connectivity index (χ3n) is 7.74. The monoisotopic (exact) mass is 680 g/mol. The summed E-state index contributed by atoms with van der Waals surface area (Å²) >= 11 is 3.17. The molecule has 0 aliphatic carbocycles. The van der Waals surface area contributed by atoms with Crippen molar-refractivity contribution in [3.05, 3.63) is 77.9 Å². The van der Waals surface area contributed by atoms with Crippen molar-refractivity contribution >= 4 is 47.2 Å². The minimum Gasteiger partial charge on any atom is -0.394 e. The first kappa shape index (κ1) is 36.1. The molecule has 0 fully saturated rings. The van der Waals surface area contributed by atoms with Crippen molar-refractivity contribution in [2.24, 2.45) is 0 Å². The van der Waals surface area contributed by atoms with E-state index in [-0.39, 0.29) is 31.6 Å². The van der Waals surface area contributed by atoms with E-state index in [1.165, 1.54) is 11.8 Å². The van der Waals surface area contributed by atoms with Gasteiger partial charge in [0.1, 0.15) is 6.04 Å². The van der Waals surface area contributed by atoms with Crippen molar-refractivity contribution in [3.8, 4) is 11.1 Å². The van der Waals surface area contributed by atoms with Crippen LogP contribution in [0, 0.1) is 0 Å². The average Bonchev–Trinajstić information content (AvgIpc) is 3.21. The molecule has 3 aromatic carbocycles. The van der Waals surface area contributed by atoms with Gasteiger partial charge in [-0.3, -0.25) is 4.79 Å². The van der Waals surface area contributed by atoms with E-state index in [1.807, 2.05) is 80.8 Å². The number of hydrogen-bond donors (Lipinski definition) is 7. The smallest absolute Gasteiger partial charge is 0.315 e. The molecule has 0 saturated carbocycles. The lowest BCUT2D eigenvalue weighted by Gasteiger charge is -2.29. The number of nitrogens with zero attached hydrogens (tertiary/aromatic N) is 1. The van der Waals surface area contributed by atoms with Gasteiger partial charge in [0.25, 0.3) is 5.91 Å². The fourth-order valence-corrected chi connectivity index (χ4v) is 6.62. The number of anilines is 1. The van der Waals surface area contributed by atoms with Crippen LogP contribution in [0.3, 0.4) is 0 Å². The second kappa shape index (κ2) is 16.9. The van der Waals surface area contributed by atoms with Crippen molar-refractivity contribution in [2.45, 2.75) is 54.4 Å². The molecule has 1 aliphatic heterocycles. The minimum absolute atomic E-state index is 0.179. The van der Waals surface area contributed by atoms with Crippen LogP contribution in [0.15, 0.2) is 76.5 Å². The Labute approximate surface area is 284 Å². The predicted octanol–water partition coefficient (Wildman–Crippen LogP) is 3.53. The third-order valence-corrected chi connectivity index (χ3v) is 9.60. The molecule has 0 bridgehead atoms. The molecule has 11 nitrogen and oxygen atoms in total. The van der Waals surface area contributed by atoms with E-state index in [9.17, 15) is 19.5 Å². The molecule has 47 heavy (non-hydrogen) atoms. The zero-order valence-electron chi connectivity index (χ0n) is 27.1. The van der Waals surface area contributed by atoms with Crippen LogP contribution in [0.1, 0.15) is 25.0 Å². The van der Waals surface area contributed by atoms with Gasteiger partial charge >= 0.3 is 12.1 Å². The van der Waals surface area contributed by atoms with Gasteiger partial charge in [0.2, 0.25) is 0 Å². The van der Waals surface area contributed by atoms with Crippen LogP contribution in [0.5, 0.6) is 0 Å². The number of aliphatic hydroxyl groups is 2. The highest BCUT2D eigenvalue weighted by Crippen LogP contribution is 2.38. The highest BCUT2D eigenvalue weighted by Gasteiger charge is 2.32. The molecule has 0 radical (unpaired) electrons. The number of rotatable bonds is 13. The summed E-state index contributed by atoms with van der Waals surface area (Å²) in [5.41, 5.74) is 4.15. The first-order valence-corrected chi connectivity index (χ1v) is 17.6. The van der Waals surface area contributed by atoms with Crippen LogP contribution in [0.2, 0.25) is 0 Å². The Morgan fingerprint density at radius 3 is 2.51 bits per heavy atom. The maximum atomic E-state index is 14.1. The quantitative estimate of drug-likeness (QED) is 0.135. The number of urea groups is 2. The SMILES string of the molecule is CNC(=O)NCc1ccccc1-c1ccc(CN2C(=O)[C@H](NC(=O)NCC(C)(C)NC[C@H](O)CO)CSc3cc(SC)ccc32)cc1. The van der Waals surface area contributed by atoms with Crippen molar-refractivity contribution in [2.75, 3.05) is 43.7 Å². The topological polar surface area (TPSA) is 155 Å². The Bertz CT molecular complexity index is 1540. The summed E-state index contributed by atoms with van der Waals surface area (Å²) in [5, 5.41) is 33.0. The van der Waals surface area contributed by atoms with Crippen LogP contribution < -0.4 is 31.5 Å². The second-order valence-electron chi connectivity index (χ2n) is 11.8. The lowest BCUT2D eigenvalue weighted by atomic mass is 9.98. The molecule has 3 aromatic rings. The molecule has 13 heteroatoms. The fourth-order valence-electron chi connectivity index (χ4n) is 5.00. The number of benzene rings is 3. The highest BCUT2D eigenvalue weighted by molar-refractivity contribution is 8.00. The Morgan fingerprint density at radius 1 is 1.06 bits per heavy atom. The van der Waals surface area contributed by atoms with Gasteiger partial charge in [-0.15, -0.1) is 23.5 Å². The number of carbonyl (C=O) groups excluding carboxylic acids is 3. The first-order chi connectivity index (χ1) is 22.5. The molecule has 4 rings (SSSR count). The van der Waals surface area contributed by atoms with Crippen LogP contribution in [-0.4, -0.2) is 84.6 Å². The van der Waals surface area contributed by atoms with E-state index >= 15 is 0 Å². The van der Waals surface area contributed by atoms with E-state index in [0.717, 1.165) is 37.7 Å². The maximum Gasteiger partial charge on any atom is 0.315 e. The molecule has 1 heterocycles. The Kier molecular flexibility index (Phi) is 13.0. The number of β-amino-alcohol motifs (C(OH)–C–C–N with tert-alkyl or cyclic N) is 1. The minimum atomic E-state index is -0.896. The number of thioether (sulfide) groups is 2. The van der Waals surface area contributed by atoms with Crippen LogP contribution in [0.4, 0.5) is 15.3 Å². The van der Waals surface area contributed by atoms with Gasteiger partial charge in [-0.1, -0.05) is 48.5 Å². The summed E-state index contributed by atoms with van der Waals surface area (Å²) in [5.74, 6) is 0.166. The zero-order chi connectivity index (χ0) is 34.0. The summed E-state index contributed by atoms with van der Waals surface area (Å²) in [6, 6.07) is 20.5. The van der Waals surface area contributed by atoms with E-state index in [4.69, 9.17) is 5.11 Å². The lowest BCUT2D eigenvalue weighted by molar-refractivity contribution is -0.120. The van der Waals surface area contributed by atoms with Gasteiger partial charge in [-0.05, 0) is 60.6 Å². The number of hydrogen-bond acceptors (Lipinski definition) is 8. The van der Waals surface area contributed by atoms with Gasteiger partial charge in [-0.2, -0.15) is 0 Å². The van der Waals surface area contributed by atoms with E-state index < -0.39 is 23.7 Å². The highest BCUT2D eigenvalue weighted by atomic mass is 32.2. The number of nitrogens with one attached hydrogen (secondary N) is 5.